The fraction of sp³-hybridized carbons (Fsp3) is 0.162. The lowest BCUT2D eigenvalue weighted by atomic mass is 9.67. The summed E-state index contributed by atoms with van der Waals surface area (Å²) < 4.78 is 0. The smallest absolute Gasteiger partial charge is 0.0622 e. The van der Waals surface area contributed by atoms with Crippen molar-refractivity contribution in [2.45, 2.75) is 143 Å². The molecule has 6 aliphatic carbocycles. The van der Waals surface area contributed by atoms with Crippen molar-refractivity contribution in [3.05, 3.63) is 548 Å². The molecule has 0 saturated carbocycles. The molecule has 0 fully saturated rings. The number of hydrogen-bond acceptors (Lipinski definition) is 0. The van der Waals surface area contributed by atoms with Crippen LogP contribution in [0.2, 0.25) is 0 Å². The predicted octanol–water partition coefficient (Wildman–Crippen LogP) is 36.2. The highest BCUT2D eigenvalue weighted by atomic mass is 14.5. The molecule has 6 aliphatic rings. The Bertz CT molecular complexity index is 7650. The van der Waals surface area contributed by atoms with E-state index in [2.05, 4.69) is 548 Å². The summed E-state index contributed by atoms with van der Waals surface area (Å²) in [7, 11) is 0. The third-order valence-corrected chi connectivity index (χ3v) is 30.7. The molecular weight excluding hydrogens is 1630 g/mol. The van der Waals surface area contributed by atoms with E-state index in [1.54, 1.807) is 0 Å². The van der Waals surface area contributed by atoms with E-state index < -0.39 is 0 Å². The zero-order valence-corrected chi connectivity index (χ0v) is 81.6. The van der Waals surface area contributed by atoms with Crippen LogP contribution in [0, 0.1) is 41.5 Å². The molecular formula is C136H120. The highest BCUT2D eigenvalue weighted by Gasteiger charge is 2.47. The summed E-state index contributed by atoms with van der Waals surface area (Å²) in [5, 5.41) is 0. The highest BCUT2D eigenvalue weighted by Crippen LogP contribution is 2.60. The Labute approximate surface area is 807 Å². The number of fused-ring (bicyclic) bond motifs is 18. The van der Waals surface area contributed by atoms with Gasteiger partial charge in [0.1, 0.15) is 0 Å². The van der Waals surface area contributed by atoms with Crippen molar-refractivity contribution < 1.29 is 0 Å². The van der Waals surface area contributed by atoms with Gasteiger partial charge in [0.25, 0.3) is 0 Å². The molecule has 0 heteroatoms. The highest BCUT2D eigenvalue weighted by molar-refractivity contribution is 5.95. The largest absolute Gasteiger partial charge is 0.0713 e. The van der Waals surface area contributed by atoms with Gasteiger partial charge in [0.15, 0.2) is 0 Å². The fourth-order valence-electron chi connectivity index (χ4n) is 24.1. The van der Waals surface area contributed by atoms with Gasteiger partial charge >= 0.3 is 0 Å². The maximum Gasteiger partial charge on any atom is 0.0713 e. The predicted molar refractivity (Wildman–Crippen MR) is 579 cm³/mol. The van der Waals surface area contributed by atoms with Crippen molar-refractivity contribution in [2.24, 2.45) is 0 Å². The molecule has 0 spiro atoms. The monoisotopic (exact) mass is 1750 g/mol. The van der Waals surface area contributed by atoms with E-state index in [-0.39, 0.29) is 32.5 Å². The minimum atomic E-state index is -0.263. The number of rotatable bonds is 7. The van der Waals surface area contributed by atoms with Crippen LogP contribution in [-0.4, -0.2) is 0 Å². The van der Waals surface area contributed by atoms with Crippen LogP contribution < -0.4 is 0 Å². The second-order valence-electron chi connectivity index (χ2n) is 40.7. The minimum absolute atomic E-state index is 0.0702. The zero-order chi connectivity index (χ0) is 94.2. The average molecular weight is 1750 g/mol. The van der Waals surface area contributed by atoms with Crippen molar-refractivity contribution in [3.63, 3.8) is 0 Å². The standard InChI is InChI=1S/C26H20.5C22H20/c1-19-16-17-23-22-14-8-9-15-24(22)26(25(23)18-19,20-10-4-2-5-11-20)21-12-6-3-7-13-21;1-15-13-17(16-9-5-4-6-10-16)14-19-18-11-7-8-12-20(18)22(2,3)21(15)19;1-15-13-21-19(14-18(15)16-9-5-4-6-10-16)17-11-7-8-12-20(17)22(21,2)3;1-15-17(16-9-5-4-6-10-16)13-14-19-18-11-7-8-12-20(18)22(2,3)21(15)19;1-15-17(16-9-5-4-6-10-16)13-14-20-21(15)18-11-7-8-12-19(18)22(20,2)3;1-15-12-13-18-20(14-15)22(2,3)19-11-7-10-17(21(18)19)16-8-5-4-6-9-16/h2-18H,1H3;5*4-14H,1-3H3. The summed E-state index contributed by atoms with van der Waals surface area (Å²) in [5.74, 6) is 0. The Morgan fingerprint density at radius 2 is 0.471 bits per heavy atom. The van der Waals surface area contributed by atoms with Crippen molar-refractivity contribution >= 4 is 0 Å². The van der Waals surface area contributed by atoms with Crippen LogP contribution in [0.1, 0.15) is 181 Å². The van der Waals surface area contributed by atoms with Crippen molar-refractivity contribution in [1.82, 2.24) is 0 Å². The lowest BCUT2D eigenvalue weighted by Crippen LogP contribution is -2.28. The summed E-state index contributed by atoms with van der Waals surface area (Å²) in [6.07, 6.45) is 0. The maximum atomic E-state index is 2.39. The first kappa shape index (κ1) is 89.1. The molecule has 0 N–H and O–H groups in total. The first-order chi connectivity index (χ1) is 65.8. The van der Waals surface area contributed by atoms with Crippen LogP contribution in [0.4, 0.5) is 0 Å². The topological polar surface area (TPSA) is 0 Å². The van der Waals surface area contributed by atoms with Gasteiger partial charge in [-0.05, 0) is 276 Å². The van der Waals surface area contributed by atoms with E-state index in [0.29, 0.717) is 0 Å². The average Bonchev–Trinajstić information content (AvgIpc) is 1.53. The first-order valence-electron chi connectivity index (χ1n) is 48.6. The van der Waals surface area contributed by atoms with Gasteiger partial charge in [-0.15, -0.1) is 0 Å². The molecule has 0 amide bonds. The van der Waals surface area contributed by atoms with Gasteiger partial charge in [-0.25, -0.2) is 0 Å². The maximum absolute atomic E-state index is 2.39. The third kappa shape index (κ3) is 15.3. The third-order valence-electron chi connectivity index (χ3n) is 30.7. The molecule has 0 aliphatic heterocycles. The van der Waals surface area contributed by atoms with Gasteiger partial charge in [-0.3, -0.25) is 0 Å². The molecule has 0 radical (unpaired) electrons. The molecule has 664 valence electrons. The first-order valence-corrected chi connectivity index (χ1v) is 48.6. The summed E-state index contributed by atoms with van der Waals surface area (Å²) in [5.41, 5.74) is 58.1. The van der Waals surface area contributed by atoms with E-state index in [0.717, 1.165) is 0 Å². The lowest BCUT2D eigenvalue weighted by Gasteiger charge is -2.34. The molecule has 0 heterocycles. The molecule has 0 nitrogen and oxygen atoms in total. The Balaban J connectivity index is 0.000000101. The molecule has 0 atom stereocenters. The molecule has 136 heavy (non-hydrogen) atoms. The van der Waals surface area contributed by atoms with Crippen molar-refractivity contribution in [2.75, 3.05) is 0 Å². The van der Waals surface area contributed by atoms with Gasteiger partial charge in [0.2, 0.25) is 0 Å². The van der Waals surface area contributed by atoms with E-state index in [1.807, 2.05) is 0 Å². The van der Waals surface area contributed by atoms with Crippen LogP contribution in [0.25, 0.3) is 122 Å². The van der Waals surface area contributed by atoms with Crippen molar-refractivity contribution in [3.8, 4) is 122 Å². The quantitative estimate of drug-likeness (QED) is 0.149. The van der Waals surface area contributed by atoms with Crippen molar-refractivity contribution in [1.29, 1.82) is 0 Å². The molecule has 19 aromatic rings. The molecule has 25 rings (SSSR count). The van der Waals surface area contributed by atoms with Crippen LogP contribution in [0.15, 0.2) is 437 Å². The molecule has 0 saturated heterocycles. The van der Waals surface area contributed by atoms with E-state index in [1.165, 1.54) is 234 Å². The lowest BCUT2D eigenvalue weighted by molar-refractivity contribution is 0.655. The van der Waals surface area contributed by atoms with E-state index >= 15 is 0 Å². The molecule has 0 unspecified atom stereocenters. The molecule has 0 bridgehead atoms. The summed E-state index contributed by atoms with van der Waals surface area (Å²) in [6.45, 7) is 36.8. The normalized spacial score (nSPS) is 14.4. The Kier molecular flexibility index (Phi) is 23.3. The molecule has 0 aromatic heterocycles. The van der Waals surface area contributed by atoms with Crippen LogP contribution in [0.5, 0.6) is 0 Å². The SMILES string of the molecule is Cc1c(-c2ccccc2)ccc2c1-c1ccccc1C2(C)C.Cc1c(-c2ccccc2)ccc2c1C(C)(C)c1ccccc1-2.Cc1cc(-c2ccccc2)cc2c1C(C)(C)c1ccccc1-2.Cc1cc2c(cc1-c1ccccc1)-c1ccccc1C2(C)C.Cc1ccc2c(c1)C(C)(C)c1cccc(-c3ccccc3)c1-2.Cc1ccc2c(c1)C(c1ccccc1)(c1ccccc1)c1ccccc1-2. The fourth-order valence-corrected chi connectivity index (χ4v) is 24.1. The Hall–Kier alpha value is -14.8. The minimum Gasteiger partial charge on any atom is -0.0622 e. The molecule has 19 aromatic carbocycles. The van der Waals surface area contributed by atoms with Gasteiger partial charge in [0.05, 0.1) is 5.41 Å². The summed E-state index contributed by atoms with van der Waals surface area (Å²) >= 11 is 0. The van der Waals surface area contributed by atoms with Crippen LogP contribution >= 0.6 is 0 Å². The van der Waals surface area contributed by atoms with Gasteiger partial charge in [-0.1, -0.05) is 505 Å². The number of hydrogen-bond donors (Lipinski definition) is 0. The Morgan fingerprint density at radius 1 is 0.147 bits per heavy atom. The number of aryl methyl sites for hydroxylation is 4. The van der Waals surface area contributed by atoms with E-state index in [9.17, 15) is 0 Å². The second kappa shape index (κ2) is 35.5. The van der Waals surface area contributed by atoms with Gasteiger partial charge < -0.3 is 0 Å². The summed E-state index contributed by atoms with van der Waals surface area (Å²) in [6, 6.07) is 159. The van der Waals surface area contributed by atoms with Gasteiger partial charge in [-0.2, -0.15) is 0 Å². The Morgan fingerprint density at radius 3 is 1.00 bits per heavy atom. The van der Waals surface area contributed by atoms with E-state index in [4.69, 9.17) is 0 Å². The summed E-state index contributed by atoms with van der Waals surface area (Å²) in [4.78, 5) is 0. The van der Waals surface area contributed by atoms with Gasteiger partial charge in [0, 0.05) is 27.1 Å². The number of benzene rings is 19. The van der Waals surface area contributed by atoms with Crippen LogP contribution in [0.3, 0.4) is 0 Å². The second-order valence-corrected chi connectivity index (χ2v) is 40.7. The zero-order valence-electron chi connectivity index (χ0n) is 81.6. The van der Waals surface area contributed by atoms with Crippen LogP contribution in [-0.2, 0) is 32.5 Å².